The predicted molar refractivity (Wildman–Crippen MR) is 80.3 cm³/mol. The third-order valence-electron chi connectivity index (χ3n) is 2.89. The topological polar surface area (TPSA) is 65.0 Å². The second-order valence-electron chi connectivity index (χ2n) is 4.51. The van der Waals surface area contributed by atoms with E-state index in [9.17, 15) is 21.6 Å². The van der Waals surface area contributed by atoms with Crippen molar-refractivity contribution < 1.29 is 30.6 Å². The van der Waals surface area contributed by atoms with Crippen molar-refractivity contribution in [3.05, 3.63) is 60.2 Å². The highest BCUT2D eigenvalue weighted by Crippen LogP contribution is 2.24. The highest BCUT2D eigenvalue weighted by molar-refractivity contribution is 7.86. The molecule has 128 valence electrons. The lowest BCUT2D eigenvalue weighted by molar-refractivity contribution is -0.0597. The van der Waals surface area contributed by atoms with Crippen LogP contribution in [0.25, 0.3) is 0 Å². The normalized spacial score (nSPS) is 12.8. The first-order valence-corrected chi connectivity index (χ1v) is 7.93. The second kappa shape index (κ2) is 6.91. The Hall–Kier alpha value is -2.55. The lowest BCUT2D eigenvalue weighted by atomic mass is 10.1. The van der Waals surface area contributed by atoms with Gasteiger partial charge in [0.25, 0.3) is 0 Å². The zero-order chi connectivity index (χ0) is 17.8. The second-order valence-corrected chi connectivity index (χ2v) is 6.04. The summed E-state index contributed by atoms with van der Waals surface area (Å²) < 4.78 is 72.2. The summed E-state index contributed by atoms with van der Waals surface area (Å²) in [5.41, 5.74) is -1.75. The fourth-order valence-corrected chi connectivity index (χ4v) is 2.46. The van der Waals surface area contributed by atoms with E-state index in [0.717, 1.165) is 24.3 Å². The van der Waals surface area contributed by atoms with Gasteiger partial charge in [0.2, 0.25) is 0 Å². The first-order valence-electron chi connectivity index (χ1n) is 6.52. The standard InChI is InChI=1S/C15H12F3NO4S/c1-22-12-7-9-13(10-8-12)24(20,21)23-19-14(15(16,17)18)11-5-3-2-4-6-11/h2-10H,1H3. The number of hydrogen-bond donors (Lipinski definition) is 0. The molecule has 0 fully saturated rings. The van der Waals surface area contributed by atoms with Crippen molar-refractivity contribution in [2.24, 2.45) is 5.16 Å². The molecule has 5 nitrogen and oxygen atoms in total. The molecule has 0 spiro atoms. The van der Waals surface area contributed by atoms with E-state index >= 15 is 0 Å². The Morgan fingerprint density at radius 3 is 2.08 bits per heavy atom. The van der Waals surface area contributed by atoms with Crippen molar-refractivity contribution >= 4 is 15.8 Å². The van der Waals surface area contributed by atoms with Crippen LogP contribution in [0, 0.1) is 0 Å². The largest absolute Gasteiger partial charge is 0.497 e. The Labute approximate surface area is 136 Å². The molecular weight excluding hydrogens is 347 g/mol. The Balaban J connectivity index is 2.33. The van der Waals surface area contributed by atoms with E-state index in [1.807, 2.05) is 0 Å². The average molecular weight is 359 g/mol. The molecule has 0 saturated carbocycles. The number of nitrogens with zero attached hydrogens (tertiary/aromatic N) is 1. The van der Waals surface area contributed by atoms with Crippen molar-refractivity contribution in [1.82, 2.24) is 0 Å². The quantitative estimate of drug-likeness (QED) is 0.607. The van der Waals surface area contributed by atoms with Gasteiger partial charge in [0.1, 0.15) is 10.6 Å². The van der Waals surface area contributed by atoms with E-state index in [1.54, 1.807) is 0 Å². The van der Waals surface area contributed by atoms with Crippen molar-refractivity contribution in [3.63, 3.8) is 0 Å². The van der Waals surface area contributed by atoms with Gasteiger partial charge in [0.05, 0.1) is 7.11 Å². The van der Waals surface area contributed by atoms with Crippen LogP contribution < -0.4 is 4.74 Å². The van der Waals surface area contributed by atoms with Crippen LogP contribution in [0.2, 0.25) is 0 Å². The molecule has 0 saturated heterocycles. The predicted octanol–water partition coefficient (Wildman–Crippen LogP) is 3.37. The van der Waals surface area contributed by atoms with E-state index in [0.29, 0.717) is 5.75 Å². The lowest BCUT2D eigenvalue weighted by Crippen LogP contribution is -2.25. The highest BCUT2D eigenvalue weighted by atomic mass is 32.2. The molecule has 0 bridgehead atoms. The fraction of sp³-hybridized carbons (Fsp3) is 0.133. The SMILES string of the molecule is COc1ccc(S(=O)(=O)ON=C(c2ccccc2)C(F)(F)F)cc1. The zero-order valence-corrected chi connectivity index (χ0v) is 13.1. The molecule has 0 N–H and O–H groups in total. The van der Waals surface area contributed by atoms with Crippen molar-refractivity contribution in [3.8, 4) is 5.75 Å². The van der Waals surface area contributed by atoms with E-state index in [2.05, 4.69) is 9.44 Å². The minimum atomic E-state index is -4.88. The molecule has 0 radical (unpaired) electrons. The summed E-state index contributed by atoms with van der Waals surface area (Å²) >= 11 is 0. The Bertz CT molecular complexity index is 816. The van der Waals surface area contributed by atoms with Gasteiger partial charge in [-0.2, -0.15) is 21.6 Å². The molecule has 2 aromatic carbocycles. The van der Waals surface area contributed by atoms with Gasteiger partial charge in [-0.25, -0.2) is 0 Å². The Morgan fingerprint density at radius 2 is 1.58 bits per heavy atom. The van der Waals surface area contributed by atoms with Gasteiger partial charge in [-0.3, -0.25) is 4.28 Å². The van der Waals surface area contributed by atoms with Gasteiger partial charge in [-0.05, 0) is 24.3 Å². The number of hydrogen-bond acceptors (Lipinski definition) is 5. The minimum Gasteiger partial charge on any atom is -0.497 e. The molecule has 0 amide bonds. The molecule has 0 aliphatic carbocycles. The minimum absolute atomic E-state index is 0.310. The van der Waals surface area contributed by atoms with Crippen LogP contribution in [-0.4, -0.2) is 27.4 Å². The van der Waals surface area contributed by atoms with Crippen LogP contribution in [0.3, 0.4) is 0 Å². The summed E-state index contributed by atoms with van der Waals surface area (Å²) in [5, 5.41) is 2.83. The molecule has 0 unspecified atom stereocenters. The summed E-state index contributed by atoms with van der Waals surface area (Å²) in [5.74, 6) is 0.387. The van der Waals surface area contributed by atoms with Gasteiger partial charge < -0.3 is 4.74 Å². The molecule has 2 rings (SSSR count). The third-order valence-corrected chi connectivity index (χ3v) is 4.01. The molecule has 0 aromatic heterocycles. The zero-order valence-electron chi connectivity index (χ0n) is 12.3. The number of rotatable bonds is 5. The number of methoxy groups -OCH3 is 1. The highest BCUT2D eigenvalue weighted by Gasteiger charge is 2.38. The number of alkyl halides is 3. The maximum atomic E-state index is 13.1. The van der Waals surface area contributed by atoms with Crippen LogP contribution in [0.5, 0.6) is 5.75 Å². The number of oxime groups is 1. The van der Waals surface area contributed by atoms with E-state index in [4.69, 9.17) is 4.74 Å². The van der Waals surface area contributed by atoms with Gasteiger partial charge in [0, 0.05) is 5.56 Å². The van der Waals surface area contributed by atoms with Crippen LogP contribution in [0.15, 0.2) is 64.6 Å². The van der Waals surface area contributed by atoms with Gasteiger partial charge in [-0.15, -0.1) is 0 Å². The van der Waals surface area contributed by atoms with Crippen molar-refractivity contribution in [1.29, 1.82) is 0 Å². The number of benzene rings is 2. The first-order chi connectivity index (χ1) is 11.2. The maximum Gasteiger partial charge on any atom is 0.437 e. The van der Waals surface area contributed by atoms with Crippen LogP contribution in [0.1, 0.15) is 5.56 Å². The molecule has 2 aromatic rings. The maximum absolute atomic E-state index is 13.1. The fourth-order valence-electron chi connectivity index (χ4n) is 1.74. The van der Waals surface area contributed by atoms with Crippen LogP contribution >= 0.6 is 0 Å². The Kier molecular flexibility index (Phi) is 5.13. The number of ether oxygens (including phenoxy) is 1. The molecule has 9 heteroatoms. The van der Waals surface area contributed by atoms with E-state index < -0.39 is 22.0 Å². The molecular formula is C15H12F3NO4S. The smallest absolute Gasteiger partial charge is 0.437 e. The average Bonchev–Trinajstić information content (AvgIpc) is 2.54. The van der Waals surface area contributed by atoms with Gasteiger partial charge >= 0.3 is 16.3 Å². The summed E-state index contributed by atoms with van der Waals surface area (Å²) in [6.45, 7) is 0. The van der Waals surface area contributed by atoms with Crippen molar-refractivity contribution in [2.75, 3.05) is 7.11 Å². The summed E-state index contributed by atoms with van der Waals surface area (Å²) in [7, 11) is -3.10. The van der Waals surface area contributed by atoms with E-state index in [-0.39, 0.29) is 10.5 Å². The van der Waals surface area contributed by atoms with Gasteiger partial charge in [0.15, 0.2) is 5.71 Å². The van der Waals surface area contributed by atoms with Crippen molar-refractivity contribution in [2.45, 2.75) is 11.1 Å². The third kappa shape index (κ3) is 4.25. The summed E-state index contributed by atoms with van der Waals surface area (Å²) in [6, 6.07) is 11.5. The Morgan fingerprint density at radius 1 is 1.00 bits per heavy atom. The van der Waals surface area contributed by atoms with Crippen LogP contribution in [-0.2, 0) is 14.4 Å². The molecule has 0 atom stereocenters. The molecule has 0 aliphatic heterocycles. The monoisotopic (exact) mass is 359 g/mol. The molecule has 24 heavy (non-hydrogen) atoms. The first kappa shape index (κ1) is 17.8. The molecule has 0 aliphatic rings. The number of halogens is 3. The molecule has 0 heterocycles. The van der Waals surface area contributed by atoms with Gasteiger partial charge in [-0.1, -0.05) is 35.5 Å². The lowest BCUT2D eigenvalue weighted by Gasteiger charge is -2.10. The summed E-state index contributed by atoms with van der Waals surface area (Å²) in [6.07, 6.45) is -4.88. The summed E-state index contributed by atoms with van der Waals surface area (Å²) in [4.78, 5) is -0.346. The van der Waals surface area contributed by atoms with Crippen LogP contribution in [0.4, 0.5) is 13.2 Å². The van der Waals surface area contributed by atoms with E-state index in [1.165, 1.54) is 37.4 Å².